The van der Waals surface area contributed by atoms with Crippen LogP contribution in [0.1, 0.15) is 95.1 Å². The molecule has 47 heavy (non-hydrogen) atoms. The van der Waals surface area contributed by atoms with Crippen molar-refractivity contribution in [1.82, 2.24) is 0 Å². The first kappa shape index (κ1) is 37.2. The van der Waals surface area contributed by atoms with Crippen LogP contribution in [0.2, 0.25) is 26.7 Å². The predicted octanol–water partition coefficient (Wildman–Crippen LogP) is 8.00. The van der Waals surface area contributed by atoms with Gasteiger partial charge in [0.15, 0.2) is 6.29 Å². The van der Waals surface area contributed by atoms with E-state index in [9.17, 15) is 5.11 Å². The van der Waals surface area contributed by atoms with Crippen LogP contribution in [0, 0.1) is 5.92 Å². The Hall–Kier alpha value is -1.09. The number of rotatable bonds is 10. The summed E-state index contributed by atoms with van der Waals surface area (Å²) in [7, 11) is -5.17. The Morgan fingerprint density at radius 3 is 2.09 bits per heavy atom. The maximum atomic E-state index is 12.1. The molecule has 8 nitrogen and oxygen atoms in total. The molecule has 1 aromatic rings. The van der Waals surface area contributed by atoms with Crippen LogP contribution in [0.4, 0.5) is 0 Å². The van der Waals surface area contributed by atoms with E-state index in [1.165, 1.54) is 0 Å². The minimum atomic E-state index is -2.82. The summed E-state index contributed by atoms with van der Waals surface area (Å²) in [4.78, 5) is 0. The minimum Gasteiger partial charge on any atom is -0.487 e. The highest BCUT2D eigenvalue weighted by Crippen LogP contribution is 2.56. The van der Waals surface area contributed by atoms with Crippen molar-refractivity contribution in [2.45, 2.75) is 166 Å². The van der Waals surface area contributed by atoms with Gasteiger partial charge >= 0.3 is 8.56 Å². The lowest BCUT2D eigenvalue weighted by atomic mass is 9.86. The highest BCUT2D eigenvalue weighted by molar-refractivity contribution is 6.77. The molecule has 0 spiro atoms. The van der Waals surface area contributed by atoms with E-state index in [-0.39, 0.29) is 40.4 Å². The van der Waals surface area contributed by atoms with Crippen LogP contribution >= 0.6 is 0 Å². The Morgan fingerprint density at radius 1 is 0.894 bits per heavy atom. The van der Waals surface area contributed by atoms with Gasteiger partial charge in [-0.15, -0.1) is 0 Å². The normalized spacial score (nSPS) is 31.9. The fraction of sp³-hybridized carbons (Fsp3) is 0.784. The molecule has 1 N–H and O–H groups in total. The topological polar surface area (TPSA) is 84.8 Å². The average Bonchev–Trinajstić information content (AvgIpc) is 3.41. The van der Waals surface area contributed by atoms with Gasteiger partial charge in [0.05, 0.1) is 32.0 Å². The fourth-order valence-electron chi connectivity index (χ4n) is 9.13. The van der Waals surface area contributed by atoms with Crippen LogP contribution in [-0.2, 0) is 38.8 Å². The van der Waals surface area contributed by atoms with Crippen molar-refractivity contribution >= 4 is 16.9 Å². The van der Waals surface area contributed by atoms with Crippen LogP contribution in [-0.4, -0.2) is 78.1 Å². The summed E-state index contributed by atoms with van der Waals surface area (Å²) < 4.78 is 47.0. The molecule has 5 rings (SSSR count). The van der Waals surface area contributed by atoms with Gasteiger partial charge in [-0.05, 0) is 34.7 Å². The highest BCUT2D eigenvalue weighted by Gasteiger charge is 2.64. The van der Waals surface area contributed by atoms with Gasteiger partial charge < -0.3 is 37.3 Å². The first-order chi connectivity index (χ1) is 21.9. The molecule has 0 unspecified atom stereocenters. The molecule has 266 valence electrons. The maximum absolute atomic E-state index is 12.1. The second-order valence-electron chi connectivity index (χ2n) is 17.2. The summed E-state index contributed by atoms with van der Waals surface area (Å²) in [6.45, 7) is 28.5. The lowest BCUT2D eigenvalue weighted by Gasteiger charge is -2.57. The van der Waals surface area contributed by atoms with E-state index in [0.717, 1.165) is 5.56 Å². The molecule has 4 aliphatic heterocycles. The number of benzene rings is 1. The third-order valence-corrected chi connectivity index (χ3v) is 22.3. The maximum Gasteiger partial charge on any atom is 0.349 e. The van der Waals surface area contributed by atoms with E-state index in [4.69, 9.17) is 32.2 Å². The minimum absolute atomic E-state index is 0.180. The largest absolute Gasteiger partial charge is 0.487 e. The van der Waals surface area contributed by atoms with Crippen molar-refractivity contribution in [2.24, 2.45) is 5.92 Å². The van der Waals surface area contributed by atoms with Crippen molar-refractivity contribution in [1.29, 1.82) is 0 Å². The van der Waals surface area contributed by atoms with Crippen molar-refractivity contribution in [3.63, 3.8) is 0 Å². The van der Waals surface area contributed by atoms with Crippen LogP contribution in [0.5, 0.6) is 0 Å². The summed E-state index contributed by atoms with van der Waals surface area (Å²) in [5.41, 5.74) is 2.25. The lowest BCUT2D eigenvalue weighted by molar-refractivity contribution is -0.202. The molecule has 0 radical (unpaired) electrons. The van der Waals surface area contributed by atoms with Crippen molar-refractivity contribution < 1.29 is 37.3 Å². The second kappa shape index (κ2) is 13.9. The predicted molar refractivity (Wildman–Crippen MR) is 189 cm³/mol. The third-order valence-electron chi connectivity index (χ3n) is 11.1. The van der Waals surface area contributed by atoms with Gasteiger partial charge in [-0.1, -0.05) is 113 Å². The molecule has 4 aliphatic rings. The molecule has 4 heterocycles. The monoisotopic (exact) mass is 690 g/mol. The summed E-state index contributed by atoms with van der Waals surface area (Å²) in [5.74, 6) is 0.257. The van der Waals surface area contributed by atoms with Crippen LogP contribution in [0.15, 0.2) is 42.2 Å². The first-order valence-corrected chi connectivity index (χ1v) is 21.9. The van der Waals surface area contributed by atoms with E-state index in [1.54, 1.807) is 0 Å². The van der Waals surface area contributed by atoms with Gasteiger partial charge in [0, 0.05) is 16.0 Å². The molecule has 3 fully saturated rings. The number of hydrogen-bond acceptors (Lipinski definition) is 8. The molecule has 1 aromatic carbocycles. The van der Waals surface area contributed by atoms with E-state index in [0.29, 0.717) is 48.6 Å². The van der Waals surface area contributed by atoms with Gasteiger partial charge in [0.25, 0.3) is 0 Å². The van der Waals surface area contributed by atoms with Crippen molar-refractivity contribution in [3.05, 3.63) is 47.7 Å². The molecular formula is C37H62O8Si2. The lowest BCUT2D eigenvalue weighted by Crippen LogP contribution is -2.69. The SMILES string of the molecule is CC(C)[Si](O[C@@H]1C=C([C@@H](O)[C@H]2C[C@@H](OCc3ccccc3)[C@@H]3OC[C@H]2O3)O[C@@H]2CO[Si](C(C)(C)C)(C(C)(C)C)O[C@@H]12)(C(C)C)C(C)C. The molecule has 0 amide bonds. The molecule has 8 atom stereocenters. The van der Waals surface area contributed by atoms with Crippen LogP contribution in [0.25, 0.3) is 0 Å². The second-order valence-corrected chi connectivity index (χ2v) is 27.4. The van der Waals surface area contributed by atoms with Gasteiger partial charge in [-0.25, -0.2) is 0 Å². The average molecular weight is 691 g/mol. The third kappa shape index (κ3) is 6.97. The summed E-state index contributed by atoms with van der Waals surface area (Å²) in [5, 5.41) is 11.8. The van der Waals surface area contributed by atoms with E-state index < -0.39 is 35.4 Å². The van der Waals surface area contributed by atoms with Crippen molar-refractivity contribution in [3.8, 4) is 0 Å². The molecule has 2 bridgehead atoms. The first-order valence-electron chi connectivity index (χ1n) is 17.9. The van der Waals surface area contributed by atoms with Gasteiger partial charge in [-0.2, -0.15) is 0 Å². The quantitative estimate of drug-likeness (QED) is 0.248. The summed E-state index contributed by atoms with van der Waals surface area (Å²) >= 11 is 0. The number of aliphatic hydroxyl groups is 1. The number of hydrogen-bond donors (Lipinski definition) is 1. The number of aliphatic hydroxyl groups excluding tert-OH is 1. The Bertz CT molecular complexity index is 1190. The molecular weight excluding hydrogens is 629 g/mol. The number of ether oxygens (including phenoxy) is 4. The molecule has 0 aromatic heterocycles. The Balaban J connectivity index is 1.47. The zero-order valence-electron chi connectivity index (χ0n) is 30.9. The zero-order chi connectivity index (χ0) is 34.5. The Morgan fingerprint density at radius 2 is 1.51 bits per heavy atom. The van der Waals surface area contributed by atoms with Crippen LogP contribution in [0.3, 0.4) is 0 Å². The van der Waals surface area contributed by atoms with Gasteiger partial charge in [-0.3, -0.25) is 0 Å². The van der Waals surface area contributed by atoms with Gasteiger partial charge in [0.2, 0.25) is 8.32 Å². The molecule has 0 aliphatic carbocycles. The summed E-state index contributed by atoms with van der Waals surface area (Å²) in [6, 6.07) is 10.1. The van der Waals surface area contributed by atoms with E-state index in [1.807, 2.05) is 36.4 Å². The Kier molecular flexibility index (Phi) is 11.0. The fourth-order valence-corrected chi connectivity index (χ4v) is 19.6. The zero-order valence-corrected chi connectivity index (χ0v) is 32.9. The number of fused-ring (bicyclic) bond motifs is 3. The standard InChI is InChI=1S/C37H62O8Si2/c1-23(2)46(24(3)4,25(5)6)44-29-19-28(42-32-22-41-47(36(7,8)9,37(10,11)12)45-34(29)32)33(38)27-18-30(35-40-21-31(27)43-35)39-20-26-16-14-13-15-17-26/h13-17,19,23-25,27,29-35,38H,18,20-22H2,1-12H3/t27-,29+,30+,31+,32+,33-,34-,35+/m0/s1. The Labute approximate surface area is 286 Å². The van der Waals surface area contributed by atoms with E-state index >= 15 is 0 Å². The molecule has 10 heteroatoms. The molecule has 0 saturated carbocycles. The van der Waals surface area contributed by atoms with Gasteiger partial charge in [0.1, 0.15) is 30.2 Å². The van der Waals surface area contributed by atoms with Crippen LogP contribution < -0.4 is 0 Å². The summed E-state index contributed by atoms with van der Waals surface area (Å²) in [6.07, 6.45) is -0.369. The van der Waals surface area contributed by atoms with E-state index in [2.05, 4.69) is 83.1 Å². The smallest absolute Gasteiger partial charge is 0.349 e. The van der Waals surface area contributed by atoms with Crippen molar-refractivity contribution in [2.75, 3.05) is 13.2 Å². The highest BCUT2D eigenvalue weighted by atomic mass is 28.4. The molecule has 3 saturated heterocycles.